The molecule has 0 aliphatic carbocycles. The van der Waals surface area contributed by atoms with Gasteiger partial charge >= 0.3 is 5.97 Å². The van der Waals surface area contributed by atoms with Crippen molar-refractivity contribution in [2.24, 2.45) is 0 Å². The number of carbonyl (C=O) groups is 1. The molecule has 6 heteroatoms. The molecule has 0 amide bonds. The molecule has 0 bridgehead atoms. The van der Waals surface area contributed by atoms with Crippen LogP contribution in [0.1, 0.15) is 27.7 Å². The molecule has 1 unspecified atom stereocenters. The van der Waals surface area contributed by atoms with Gasteiger partial charge in [-0.2, -0.15) is 0 Å². The van der Waals surface area contributed by atoms with Crippen LogP contribution < -0.4 is 5.32 Å². The van der Waals surface area contributed by atoms with Crippen LogP contribution in [0.5, 0.6) is 0 Å². The Morgan fingerprint density at radius 1 is 1.48 bits per heavy atom. The van der Waals surface area contributed by atoms with Gasteiger partial charge in [0.1, 0.15) is 12.0 Å². The molecule has 1 aliphatic heterocycles. The topological polar surface area (TPSA) is 54.7 Å². The van der Waals surface area contributed by atoms with Crippen molar-refractivity contribution in [3.63, 3.8) is 0 Å². The molecule has 122 valence electrons. The summed E-state index contributed by atoms with van der Waals surface area (Å²) in [5, 5.41) is 4.17. The zero-order chi connectivity index (χ0) is 16.2. The van der Waals surface area contributed by atoms with E-state index in [2.05, 4.69) is 16.3 Å². The normalized spacial score (nSPS) is 18.8. The molecule has 0 radical (unpaired) electrons. The Bertz CT molecular complexity index is 686. The van der Waals surface area contributed by atoms with Crippen molar-refractivity contribution in [2.75, 3.05) is 26.7 Å². The van der Waals surface area contributed by atoms with Gasteiger partial charge < -0.3 is 14.5 Å². The van der Waals surface area contributed by atoms with Crippen LogP contribution in [0.15, 0.2) is 41.0 Å². The maximum atomic E-state index is 11.5. The van der Waals surface area contributed by atoms with Crippen molar-refractivity contribution in [3.8, 4) is 0 Å². The third-order valence-electron chi connectivity index (χ3n) is 4.05. The zero-order valence-corrected chi connectivity index (χ0v) is 13.7. The minimum atomic E-state index is -0.386. The Morgan fingerprint density at radius 2 is 2.30 bits per heavy atom. The summed E-state index contributed by atoms with van der Waals surface area (Å²) in [6.45, 7) is 3.23. The minimum Gasteiger partial charge on any atom is -0.467 e. The lowest BCUT2D eigenvalue weighted by Crippen LogP contribution is -2.45. The number of carbonyl (C=O) groups excluding carboxylic acids is 1. The molecule has 3 rings (SSSR count). The van der Waals surface area contributed by atoms with Gasteiger partial charge in [-0.05, 0) is 17.7 Å². The molecule has 5 nitrogen and oxygen atoms in total. The molecule has 2 heterocycles. The van der Waals surface area contributed by atoms with E-state index in [9.17, 15) is 4.79 Å². The lowest BCUT2D eigenvalue weighted by molar-refractivity contribution is 0.0600. The van der Waals surface area contributed by atoms with Gasteiger partial charge in [0, 0.05) is 30.7 Å². The highest BCUT2D eigenvalue weighted by atomic mass is 35.5. The van der Waals surface area contributed by atoms with Gasteiger partial charge in [-0.1, -0.05) is 29.8 Å². The third-order valence-corrected chi connectivity index (χ3v) is 4.40. The second-order valence-electron chi connectivity index (χ2n) is 5.51. The zero-order valence-electron chi connectivity index (χ0n) is 12.9. The molecule has 1 aliphatic rings. The van der Waals surface area contributed by atoms with Crippen molar-refractivity contribution in [1.82, 2.24) is 10.2 Å². The van der Waals surface area contributed by atoms with Crippen LogP contribution in [-0.4, -0.2) is 37.6 Å². The van der Waals surface area contributed by atoms with Crippen LogP contribution in [0.4, 0.5) is 0 Å². The molecule has 23 heavy (non-hydrogen) atoms. The molecule has 1 atom stereocenters. The summed E-state index contributed by atoms with van der Waals surface area (Å²) in [5.41, 5.74) is 1.54. The Kier molecular flexibility index (Phi) is 5.00. The number of nitrogens with one attached hydrogen (secondary N) is 1. The number of nitrogens with zero attached hydrogens (tertiary/aromatic N) is 1. The number of benzene rings is 1. The fourth-order valence-corrected chi connectivity index (χ4v) is 3.14. The van der Waals surface area contributed by atoms with E-state index in [1.807, 2.05) is 18.2 Å². The number of hydrogen-bond donors (Lipinski definition) is 1. The molecule has 1 N–H and O–H groups in total. The maximum Gasteiger partial charge on any atom is 0.341 e. The van der Waals surface area contributed by atoms with Gasteiger partial charge in [-0.25, -0.2) is 4.79 Å². The number of esters is 1. The number of rotatable bonds is 4. The van der Waals surface area contributed by atoms with Crippen LogP contribution in [0, 0.1) is 0 Å². The van der Waals surface area contributed by atoms with E-state index in [4.69, 9.17) is 20.8 Å². The largest absolute Gasteiger partial charge is 0.467 e. The summed E-state index contributed by atoms with van der Waals surface area (Å²) in [4.78, 5) is 13.8. The Hall–Kier alpha value is -1.82. The van der Waals surface area contributed by atoms with Gasteiger partial charge in [-0.15, -0.1) is 0 Å². The maximum absolute atomic E-state index is 11.5. The summed E-state index contributed by atoms with van der Waals surface area (Å²) < 4.78 is 10.2. The number of halogens is 1. The van der Waals surface area contributed by atoms with Crippen molar-refractivity contribution in [1.29, 1.82) is 0 Å². The van der Waals surface area contributed by atoms with E-state index in [0.29, 0.717) is 12.1 Å². The van der Waals surface area contributed by atoms with Crippen molar-refractivity contribution in [3.05, 3.63) is 58.5 Å². The Labute approximate surface area is 140 Å². The fourth-order valence-electron chi connectivity index (χ4n) is 2.88. The van der Waals surface area contributed by atoms with Crippen molar-refractivity contribution in [2.45, 2.75) is 12.6 Å². The summed E-state index contributed by atoms with van der Waals surface area (Å²) in [6, 6.07) is 9.79. The van der Waals surface area contributed by atoms with E-state index in [1.54, 1.807) is 6.07 Å². The third kappa shape index (κ3) is 3.58. The summed E-state index contributed by atoms with van der Waals surface area (Å²) >= 11 is 6.35. The van der Waals surface area contributed by atoms with Crippen molar-refractivity contribution >= 4 is 17.6 Å². The quantitative estimate of drug-likeness (QED) is 0.871. The van der Waals surface area contributed by atoms with E-state index >= 15 is 0 Å². The Morgan fingerprint density at radius 3 is 3.09 bits per heavy atom. The van der Waals surface area contributed by atoms with Crippen LogP contribution in [0.2, 0.25) is 5.02 Å². The number of methoxy groups -OCH3 is 1. The average Bonchev–Trinajstić information content (AvgIpc) is 3.04. The smallest absolute Gasteiger partial charge is 0.341 e. The lowest BCUT2D eigenvalue weighted by Gasteiger charge is -2.36. The molecule has 0 spiro atoms. The molecule has 0 saturated carbocycles. The van der Waals surface area contributed by atoms with E-state index in [1.165, 1.54) is 13.4 Å². The molecule has 1 aromatic heterocycles. The first-order valence-corrected chi connectivity index (χ1v) is 7.91. The van der Waals surface area contributed by atoms with Crippen LogP contribution in [0.3, 0.4) is 0 Å². The number of hydrogen-bond acceptors (Lipinski definition) is 5. The SMILES string of the molecule is COC(=O)c1coc(CN2CCNCC2c2ccccc2Cl)c1. The van der Waals surface area contributed by atoms with Gasteiger partial charge in [0.15, 0.2) is 0 Å². The van der Waals surface area contributed by atoms with Gasteiger partial charge in [0.05, 0.1) is 19.2 Å². The first-order valence-electron chi connectivity index (χ1n) is 7.54. The molecule has 1 fully saturated rings. The van der Waals surface area contributed by atoms with E-state index in [0.717, 1.165) is 36.0 Å². The molecule has 1 aromatic carbocycles. The minimum absolute atomic E-state index is 0.170. The predicted molar refractivity (Wildman–Crippen MR) is 87.5 cm³/mol. The predicted octanol–water partition coefficient (Wildman–Crippen LogP) is 2.87. The first kappa shape index (κ1) is 16.1. The summed E-state index contributed by atoms with van der Waals surface area (Å²) in [6.07, 6.45) is 1.44. The van der Waals surface area contributed by atoms with E-state index in [-0.39, 0.29) is 12.0 Å². The van der Waals surface area contributed by atoms with Gasteiger partial charge in [0.2, 0.25) is 0 Å². The average molecular weight is 335 g/mol. The number of furan rings is 1. The van der Waals surface area contributed by atoms with Crippen molar-refractivity contribution < 1.29 is 13.9 Å². The number of piperazine rings is 1. The second kappa shape index (κ2) is 7.17. The molecule has 2 aromatic rings. The fraction of sp³-hybridized carbons (Fsp3) is 0.353. The van der Waals surface area contributed by atoms with Crippen LogP contribution >= 0.6 is 11.6 Å². The van der Waals surface area contributed by atoms with Gasteiger partial charge in [-0.3, -0.25) is 4.90 Å². The number of ether oxygens (including phenoxy) is 1. The highest BCUT2D eigenvalue weighted by Gasteiger charge is 2.26. The second-order valence-corrected chi connectivity index (χ2v) is 5.91. The van der Waals surface area contributed by atoms with Gasteiger partial charge in [0.25, 0.3) is 0 Å². The molecular formula is C17H19ClN2O3. The molecule has 1 saturated heterocycles. The highest BCUT2D eigenvalue weighted by molar-refractivity contribution is 6.31. The Balaban J connectivity index is 1.78. The summed E-state index contributed by atoms with van der Waals surface area (Å²) in [7, 11) is 1.36. The standard InChI is InChI=1S/C17H19ClN2O3/c1-22-17(21)12-8-13(23-11-12)10-20-7-6-19-9-16(20)14-4-2-3-5-15(14)18/h2-5,8,11,16,19H,6-7,9-10H2,1H3. The van der Waals surface area contributed by atoms with Crippen LogP contribution in [-0.2, 0) is 11.3 Å². The van der Waals surface area contributed by atoms with Crippen LogP contribution in [0.25, 0.3) is 0 Å². The first-order chi connectivity index (χ1) is 11.2. The lowest BCUT2D eigenvalue weighted by atomic mass is 10.0. The van der Waals surface area contributed by atoms with E-state index < -0.39 is 0 Å². The molecular weight excluding hydrogens is 316 g/mol. The summed E-state index contributed by atoms with van der Waals surface area (Å²) in [5.74, 6) is 0.354. The monoisotopic (exact) mass is 334 g/mol. The highest BCUT2D eigenvalue weighted by Crippen LogP contribution is 2.29.